The van der Waals surface area contributed by atoms with Crippen molar-refractivity contribution in [2.45, 2.75) is 42.3 Å². The number of rotatable bonds is 1. The number of hydrogen-bond acceptors (Lipinski definition) is 3. The molecular formula is C12H17NOS2. The molecule has 4 aliphatic rings. The van der Waals surface area contributed by atoms with Gasteiger partial charge in [0, 0.05) is 22.3 Å². The minimum absolute atomic E-state index is 0.414. The Morgan fingerprint density at radius 3 is 2.81 bits per heavy atom. The summed E-state index contributed by atoms with van der Waals surface area (Å²) in [6.07, 6.45) is 2.60. The Balaban J connectivity index is 1.57. The van der Waals surface area contributed by atoms with E-state index in [4.69, 9.17) is 0 Å². The highest BCUT2D eigenvalue weighted by atomic mass is 32.2. The fourth-order valence-corrected chi connectivity index (χ4v) is 6.03. The second-order valence-corrected chi connectivity index (χ2v) is 7.69. The maximum Gasteiger partial charge on any atom is 0.228 e. The fourth-order valence-electron chi connectivity index (χ4n) is 3.80. The molecule has 1 amide bonds. The van der Waals surface area contributed by atoms with Gasteiger partial charge < -0.3 is 4.90 Å². The minimum atomic E-state index is 0.414. The lowest BCUT2D eigenvalue weighted by atomic mass is 9.67. The minimum Gasteiger partial charge on any atom is -0.333 e. The molecule has 1 aliphatic carbocycles. The number of fused-ring (bicyclic) bond motifs is 4. The average molecular weight is 255 g/mol. The second-order valence-electron chi connectivity index (χ2n) is 5.81. The maximum absolute atomic E-state index is 12.1. The SMILES string of the molecule is CC1C(S)CSC2[C@@H]1N1C(=O)C(C3CC3)[C@H]21. The summed E-state index contributed by atoms with van der Waals surface area (Å²) < 4.78 is 0. The van der Waals surface area contributed by atoms with Crippen LogP contribution in [0.2, 0.25) is 0 Å². The van der Waals surface area contributed by atoms with Crippen molar-refractivity contribution in [3.05, 3.63) is 0 Å². The van der Waals surface area contributed by atoms with Gasteiger partial charge in [-0.15, -0.1) is 0 Å². The van der Waals surface area contributed by atoms with Crippen LogP contribution in [0.4, 0.5) is 0 Å². The van der Waals surface area contributed by atoms with E-state index in [1.165, 1.54) is 18.6 Å². The number of amides is 1. The van der Waals surface area contributed by atoms with E-state index < -0.39 is 0 Å². The summed E-state index contributed by atoms with van der Waals surface area (Å²) >= 11 is 6.70. The van der Waals surface area contributed by atoms with E-state index in [-0.39, 0.29) is 0 Å². The Hall–Kier alpha value is 0.170. The van der Waals surface area contributed by atoms with Crippen molar-refractivity contribution >= 4 is 30.3 Å². The van der Waals surface area contributed by atoms with Crippen LogP contribution in [-0.4, -0.2) is 39.1 Å². The summed E-state index contributed by atoms with van der Waals surface area (Å²) in [5.74, 6) is 3.37. The average Bonchev–Trinajstić information content (AvgIpc) is 3.03. The molecule has 2 nitrogen and oxygen atoms in total. The van der Waals surface area contributed by atoms with E-state index in [1.54, 1.807) is 0 Å². The number of hydrogen-bond donors (Lipinski definition) is 1. The van der Waals surface area contributed by atoms with Gasteiger partial charge in [-0.2, -0.15) is 24.4 Å². The zero-order valence-corrected chi connectivity index (χ0v) is 11.1. The van der Waals surface area contributed by atoms with Crippen LogP contribution in [0, 0.1) is 17.8 Å². The highest BCUT2D eigenvalue weighted by molar-refractivity contribution is 8.00. The second kappa shape index (κ2) is 3.14. The monoisotopic (exact) mass is 255 g/mol. The summed E-state index contributed by atoms with van der Waals surface area (Å²) in [6, 6.07) is 1.12. The molecule has 4 fully saturated rings. The van der Waals surface area contributed by atoms with Crippen molar-refractivity contribution in [2.75, 3.05) is 5.75 Å². The maximum atomic E-state index is 12.1. The molecule has 0 aromatic heterocycles. The lowest BCUT2D eigenvalue weighted by molar-refractivity contribution is -0.185. The van der Waals surface area contributed by atoms with Gasteiger partial charge in [0.05, 0.1) is 12.0 Å². The molecule has 6 atom stereocenters. The van der Waals surface area contributed by atoms with Crippen LogP contribution < -0.4 is 0 Å². The third-order valence-electron chi connectivity index (χ3n) is 4.96. The van der Waals surface area contributed by atoms with Gasteiger partial charge in [-0.1, -0.05) is 6.92 Å². The van der Waals surface area contributed by atoms with Crippen molar-refractivity contribution in [3.63, 3.8) is 0 Å². The number of thioether (sulfide) groups is 1. The number of β-lactam (4-membered cyclic amide) rings is 1. The van der Waals surface area contributed by atoms with Crippen LogP contribution in [0.5, 0.6) is 0 Å². The standard InChI is InChI=1S/C12H17NOS2/c1-5-7(15)4-16-11-9(5)13-10(11)8(12(13)14)6-2-3-6/h5-11,15H,2-4H2,1H3/t5?,7?,8?,9-,10-,11?/m1/s1. The highest BCUT2D eigenvalue weighted by Crippen LogP contribution is 2.59. The fraction of sp³-hybridized carbons (Fsp3) is 0.917. The molecule has 3 aliphatic heterocycles. The van der Waals surface area contributed by atoms with E-state index in [0.29, 0.717) is 35.1 Å². The molecule has 16 heavy (non-hydrogen) atoms. The molecule has 0 spiro atoms. The predicted octanol–water partition coefficient (Wildman–Crippen LogP) is 1.66. The molecule has 1 saturated carbocycles. The molecule has 0 N–H and O–H groups in total. The molecule has 4 heteroatoms. The predicted molar refractivity (Wildman–Crippen MR) is 68.8 cm³/mol. The van der Waals surface area contributed by atoms with E-state index in [9.17, 15) is 4.79 Å². The Morgan fingerprint density at radius 2 is 2.12 bits per heavy atom. The Bertz CT molecular complexity index is 357. The first kappa shape index (κ1) is 10.1. The molecule has 88 valence electrons. The van der Waals surface area contributed by atoms with Gasteiger partial charge in [0.1, 0.15) is 0 Å². The van der Waals surface area contributed by atoms with Crippen molar-refractivity contribution in [3.8, 4) is 0 Å². The molecule has 0 bridgehead atoms. The number of piperidine rings is 1. The number of thiol groups is 1. The third kappa shape index (κ3) is 1.06. The van der Waals surface area contributed by atoms with Crippen molar-refractivity contribution < 1.29 is 4.79 Å². The number of carbonyl (C=O) groups excluding carboxylic acids is 1. The van der Waals surface area contributed by atoms with Crippen molar-refractivity contribution in [2.24, 2.45) is 17.8 Å². The first-order valence-corrected chi connectivity index (χ1v) is 7.88. The first-order chi connectivity index (χ1) is 7.70. The van der Waals surface area contributed by atoms with Gasteiger partial charge in [0.25, 0.3) is 0 Å². The summed E-state index contributed by atoms with van der Waals surface area (Å²) in [4.78, 5) is 14.3. The summed E-state index contributed by atoms with van der Waals surface area (Å²) in [6.45, 7) is 2.27. The molecule has 4 unspecified atom stereocenters. The zero-order valence-electron chi connectivity index (χ0n) is 9.37. The van der Waals surface area contributed by atoms with E-state index in [0.717, 1.165) is 11.2 Å². The largest absolute Gasteiger partial charge is 0.333 e. The van der Waals surface area contributed by atoms with E-state index in [2.05, 4.69) is 36.2 Å². The highest BCUT2D eigenvalue weighted by Gasteiger charge is 2.69. The summed E-state index contributed by atoms with van der Waals surface area (Å²) in [5, 5.41) is 1.21. The summed E-state index contributed by atoms with van der Waals surface area (Å²) in [5.41, 5.74) is 0. The van der Waals surface area contributed by atoms with Crippen molar-refractivity contribution in [1.82, 2.24) is 4.90 Å². The van der Waals surface area contributed by atoms with Crippen LogP contribution in [0.3, 0.4) is 0 Å². The molecule has 3 heterocycles. The Kier molecular flexibility index (Phi) is 1.98. The van der Waals surface area contributed by atoms with Crippen LogP contribution in [0.15, 0.2) is 0 Å². The van der Waals surface area contributed by atoms with Gasteiger partial charge in [-0.05, 0) is 24.7 Å². The molecule has 0 aromatic carbocycles. The van der Waals surface area contributed by atoms with Crippen LogP contribution in [0.25, 0.3) is 0 Å². The molecular weight excluding hydrogens is 238 g/mol. The van der Waals surface area contributed by atoms with E-state index >= 15 is 0 Å². The number of nitrogens with zero attached hydrogens (tertiary/aromatic N) is 1. The van der Waals surface area contributed by atoms with Gasteiger partial charge in [-0.25, -0.2) is 0 Å². The van der Waals surface area contributed by atoms with Gasteiger partial charge in [0.15, 0.2) is 0 Å². The zero-order chi connectivity index (χ0) is 11.0. The van der Waals surface area contributed by atoms with E-state index in [1.807, 2.05) is 0 Å². The normalized spacial score (nSPS) is 54.9. The van der Waals surface area contributed by atoms with Crippen LogP contribution in [0.1, 0.15) is 19.8 Å². The smallest absolute Gasteiger partial charge is 0.228 e. The Morgan fingerprint density at radius 1 is 1.38 bits per heavy atom. The van der Waals surface area contributed by atoms with Crippen molar-refractivity contribution in [1.29, 1.82) is 0 Å². The molecule has 4 rings (SSSR count). The lowest BCUT2D eigenvalue weighted by Gasteiger charge is -2.69. The third-order valence-corrected chi connectivity index (χ3v) is 7.35. The molecule has 0 radical (unpaired) electrons. The topological polar surface area (TPSA) is 20.3 Å². The van der Waals surface area contributed by atoms with Gasteiger partial charge in [-0.3, -0.25) is 4.79 Å². The lowest BCUT2D eigenvalue weighted by Crippen LogP contribution is -2.83. The molecule has 0 aromatic rings. The van der Waals surface area contributed by atoms with Gasteiger partial charge in [0.2, 0.25) is 5.91 Å². The Labute approximate surface area is 106 Å². The quantitative estimate of drug-likeness (QED) is 0.568. The number of carbonyl (C=O) groups is 1. The van der Waals surface area contributed by atoms with Gasteiger partial charge >= 0.3 is 0 Å². The van der Waals surface area contributed by atoms with Crippen LogP contribution in [-0.2, 0) is 4.79 Å². The van der Waals surface area contributed by atoms with Crippen LogP contribution >= 0.6 is 24.4 Å². The first-order valence-electron chi connectivity index (χ1n) is 6.32. The molecule has 3 saturated heterocycles. The summed E-state index contributed by atoms with van der Waals surface area (Å²) in [7, 11) is 0.